The van der Waals surface area contributed by atoms with Crippen molar-refractivity contribution in [3.05, 3.63) is 53.5 Å². The number of hydrogen-bond donors (Lipinski definition) is 0. The summed E-state index contributed by atoms with van der Waals surface area (Å²) in [6.45, 7) is 10.2. The molecule has 1 fully saturated rings. The van der Waals surface area contributed by atoms with Crippen LogP contribution in [0, 0.1) is 6.92 Å². The monoisotopic (exact) mass is 433 g/mol. The van der Waals surface area contributed by atoms with Gasteiger partial charge in [-0.25, -0.2) is 8.42 Å². The van der Waals surface area contributed by atoms with E-state index in [4.69, 9.17) is 9.15 Å². The SMILES string of the molecule is Cc1ccc(CN(C(=O)C(C)Oc2ccc(C(C)(C)C)cc2)C2CCS(=O)(=O)C2)o1. The maximum Gasteiger partial charge on any atom is 0.264 e. The molecular formula is C23H31NO5S. The second-order valence-corrected chi connectivity index (χ2v) is 11.3. The molecule has 30 heavy (non-hydrogen) atoms. The molecule has 0 radical (unpaired) electrons. The van der Waals surface area contributed by atoms with Crippen LogP contribution in [-0.2, 0) is 26.6 Å². The number of ether oxygens (including phenoxy) is 1. The van der Waals surface area contributed by atoms with Crippen molar-refractivity contribution in [1.82, 2.24) is 4.90 Å². The Morgan fingerprint density at radius 2 is 1.87 bits per heavy atom. The average Bonchev–Trinajstić information content (AvgIpc) is 3.23. The molecule has 2 aromatic rings. The first-order valence-corrected chi connectivity index (χ1v) is 12.1. The van der Waals surface area contributed by atoms with E-state index in [1.165, 1.54) is 5.56 Å². The highest BCUT2D eigenvalue weighted by Gasteiger charge is 2.37. The predicted octanol–water partition coefficient (Wildman–Crippen LogP) is 3.87. The van der Waals surface area contributed by atoms with Gasteiger partial charge in [-0.15, -0.1) is 0 Å². The molecule has 1 saturated heterocycles. The van der Waals surface area contributed by atoms with Crippen LogP contribution in [0.25, 0.3) is 0 Å². The lowest BCUT2D eigenvalue weighted by Gasteiger charge is -2.30. The van der Waals surface area contributed by atoms with Crippen molar-refractivity contribution in [2.45, 2.75) is 65.1 Å². The molecule has 7 heteroatoms. The summed E-state index contributed by atoms with van der Waals surface area (Å²) in [5.41, 5.74) is 1.21. The van der Waals surface area contributed by atoms with E-state index in [0.717, 1.165) is 5.76 Å². The first kappa shape index (κ1) is 22.4. The van der Waals surface area contributed by atoms with Crippen LogP contribution in [0.2, 0.25) is 0 Å². The number of carbonyl (C=O) groups excluding carboxylic acids is 1. The van der Waals surface area contributed by atoms with Gasteiger partial charge in [0, 0.05) is 6.04 Å². The fourth-order valence-corrected chi connectivity index (χ4v) is 5.40. The van der Waals surface area contributed by atoms with E-state index in [1.807, 2.05) is 43.3 Å². The minimum absolute atomic E-state index is 0.0224. The highest BCUT2D eigenvalue weighted by Crippen LogP contribution is 2.26. The Labute approximate surface area is 179 Å². The normalized spacial score (nSPS) is 19.4. The van der Waals surface area contributed by atoms with Gasteiger partial charge in [-0.05, 0) is 55.5 Å². The number of nitrogens with zero attached hydrogens (tertiary/aromatic N) is 1. The number of furan rings is 1. The summed E-state index contributed by atoms with van der Waals surface area (Å²) in [6, 6.07) is 11.0. The first-order valence-electron chi connectivity index (χ1n) is 10.3. The van der Waals surface area contributed by atoms with Crippen LogP contribution in [0.15, 0.2) is 40.8 Å². The van der Waals surface area contributed by atoms with Crippen LogP contribution in [0.1, 0.15) is 51.2 Å². The van der Waals surface area contributed by atoms with E-state index >= 15 is 0 Å². The zero-order valence-electron chi connectivity index (χ0n) is 18.3. The van der Waals surface area contributed by atoms with Crippen molar-refractivity contribution in [1.29, 1.82) is 0 Å². The molecule has 0 N–H and O–H groups in total. The second-order valence-electron chi connectivity index (χ2n) is 9.07. The van der Waals surface area contributed by atoms with Gasteiger partial charge < -0.3 is 14.1 Å². The van der Waals surface area contributed by atoms with E-state index < -0.39 is 15.9 Å². The van der Waals surface area contributed by atoms with Gasteiger partial charge in [-0.3, -0.25) is 4.79 Å². The summed E-state index contributed by atoms with van der Waals surface area (Å²) < 4.78 is 35.6. The summed E-state index contributed by atoms with van der Waals surface area (Å²) in [6.07, 6.45) is -0.314. The molecule has 1 aliphatic rings. The minimum atomic E-state index is -3.13. The highest BCUT2D eigenvalue weighted by atomic mass is 32.2. The molecule has 0 aliphatic carbocycles. The molecule has 1 amide bonds. The quantitative estimate of drug-likeness (QED) is 0.691. The molecule has 164 valence electrons. The van der Waals surface area contributed by atoms with Crippen LogP contribution >= 0.6 is 0 Å². The Morgan fingerprint density at radius 1 is 1.20 bits per heavy atom. The molecule has 2 atom stereocenters. The van der Waals surface area contributed by atoms with Crippen LogP contribution in [0.5, 0.6) is 5.75 Å². The number of sulfone groups is 1. The molecule has 1 aromatic heterocycles. The van der Waals surface area contributed by atoms with Gasteiger partial charge in [0.2, 0.25) is 0 Å². The number of aryl methyl sites for hydroxylation is 1. The van der Waals surface area contributed by atoms with Gasteiger partial charge in [0.1, 0.15) is 17.3 Å². The van der Waals surface area contributed by atoms with Crippen molar-refractivity contribution in [3.8, 4) is 5.75 Å². The van der Waals surface area contributed by atoms with Crippen LogP contribution < -0.4 is 4.74 Å². The number of hydrogen-bond acceptors (Lipinski definition) is 5. The van der Waals surface area contributed by atoms with E-state index in [-0.39, 0.29) is 35.4 Å². The Hall–Kier alpha value is -2.28. The number of rotatable bonds is 6. The average molecular weight is 434 g/mol. The smallest absolute Gasteiger partial charge is 0.264 e. The fourth-order valence-electron chi connectivity index (χ4n) is 3.67. The molecular weight excluding hydrogens is 402 g/mol. The third-order valence-electron chi connectivity index (χ3n) is 5.44. The predicted molar refractivity (Wildman–Crippen MR) is 116 cm³/mol. The van der Waals surface area contributed by atoms with Gasteiger partial charge in [-0.2, -0.15) is 0 Å². The maximum absolute atomic E-state index is 13.2. The number of amides is 1. The van der Waals surface area contributed by atoms with Crippen molar-refractivity contribution >= 4 is 15.7 Å². The van der Waals surface area contributed by atoms with E-state index in [2.05, 4.69) is 20.8 Å². The summed E-state index contributed by atoms with van der Waals surface area (Å²) in [5.74, 6) is 1.82. The molecule has 2 unspecified atom stereocenters. The summed E-state index contributed by atoms with van der Waals surface area (Å²) in [7, 11) is -3.13. The van der Waals surface area contributed by atoms with E-state index in [1.54, 1.807) is 11.8 Å². The third kappa shape index (κ3) is 5.45. The maximum atomic E-state index is 13.2. The first-order chi connectivity index (χ1) is 13.9. The zero-order valence-corrected chi connectivity index (χ0v) is 19.2. The lowest BCUT2D eigenvalue weighted by Crippen LogP contribution is -2.46. The Morgan fingerprint density at radius 3 is 2.37 bits per heavy atom. The van der Waals surface area contributed by atoms with Gasteiger partial charge in [0.25, 0.3) is 5.91 Å². The molecule has 0 bridgehead atoms. The minimum Gasteiger partial charge on any atom is -0.481 e. The largest absolute Gasteiger partial charge is 0.481 e. The van der Waals surface area contributed by atoms with Crippen LogP contribution in [0.3, 0.4) is 0 Å². The molecule has 1 aromatic carbocycles. The Bertz CT molecular complexity index is 985. The standard InChI is InChI=1S/C23H31NO5S/c1-16-6-9-21(28-16)14-24(19-12-13-30(26,27)15-19)22(25)17(2)29-20-10-7-18(8-11-20)23(3,4)5/h6-11,17,19H,12-15H2,1-5H3. The van der Waals surface area contributed by atoms with Gasteiger partial charge >= 0.3 is 0 Å². The second kappa shape index (κ2) is 8.46. The van der Waals surface area contributed by atoms with Gasteiger partial charge in [-0.1, -0.05) is 32.9 Å². The fraction of sp³-hybridized carbons (Fsp3) is 0.522. The van der Waals surface area contributed by atoms with Crippen molar-refractivity contribution in [3.63, 3.8) is 0 Å². The molecule has 6 nitrogen and oxygen atoms in total. The number of benzene rings is 1. The Balaban J connectivity index is 1.75. The topological polar surface area (TPSA) is 76.8 Å². The van der Waals surface area contributed by atoms with Gasteiger partial charge in [0.15, 0.2) is 15.9 Å². The zero-order chi connectivity index (χ0) is 22.1. The summed E-state index contributed by atoms with van der Waals surface area (Å²) in [4.78, 5) is 14.8. The third-order valence-corrected chi connectivity index (χ3v) is 7.19. The van der Waals surface area contributed by atoms with Crippen LogP contribution in [-0.4, -0.2) is 42.9 Å². The van der Waals surface area contributed by atoms with E-state index in [0.29, 0.717) is 17.9 Å². The summed E-state index contributed by atoms with van der Waals surface area (Å²) in [5, 5.41) is 0. The molecule has 0 spiro atoms. The van der Waals surface area contributed by atoms with Gasteiger partial charge in [0.05, 0.1) is 18.1 Å². The molecule has 2 heterocycles. The number of carbonyl (C=O) groups is 1. The summed E-state index contributed by atoms with van der Waals surface area (Å²) >= 11 is 0. The molecule has 1 aliphatic heterocycles. The highest BCUT2D eigenvalue weighted by molar-refractivity contribution is 7.91. The lowest BCUT2D eigenvalue weighted by molar-refractivity contribution is -0.140. The van der Waals surface area contributed by atoms with Crippen LogP contribution in [0.4, 0.5) is 0 Å². The van der Waals surface area contributed by atoms with E-state index in [9.17, 15) is 13.2 Å². The molecule has 3 rings (SSSR count). The lowest BCUT2D eigenvalue weighted by atomic mass is 9.87. The molecule has 0 saturated carbocycles. The van der Waals surface area contributed by atoms with Crippen molar-refractivity contribution in [2.75, 3.05) is 11.5 Å². The Kier molecular flexibility index (Phi) is 6.32. The van der Waals surface area contributed by atoms with Crippen molar-refractivity contribution < 1.29 is 22.4 Å². The van der Waals surface area contributed by atoms with Crippen molar-refractivity contribution in [2.24, 2.45) is 0 Å².